The highest BCUT2D eigenvalue weighted by Gasteiger charge is 2.66. The predicted molar refractivity (Wildman–Crippen MR) is 123 cm³/mol. The molecule has 2 amide bonds. The summed E-state index contributed by atoms with van der Waals surface area (Å²) in [6, 6.07) is 2.40. The molecule has 0 spiro atoms. The number of carbonyl (C=O) groups excluding carboxylic acids is 2. The molecule has 7 N–H and O–H groups in total. The fraction of sp³-hybridized carbons (Fsp3) is 0.417. The van der Waals surface area contributed by atoms with Crippen LogP contribution in [0.25, 0.3) is 5.65 Å². The predicted octanol–water partition coefficient (Wildman–Crippen LogP) is 0.781. The first-order chi connectivity index (χ1) is 17.2. The van der Waals surface area contributed by atoms with Gasteiger partial charge in [0.2, 0.25) is 0 Å². The highest BCUT2D eigenvalue weighted by Crippen LogP contribution is 2.58. The van der Waals surface area contributed by atoms with Crippen molar-refractivity contribution in [2.24, 2.45) is 11.5 Å². The van der Waals surface area contributed by atoms with E-state index in [1.807, 2.05) is 0 Å². The van der Waals surface area contributed by atoms with Gasteiger partial charge in [-0.25, -0.2) is 9.97 Å². The Morgan fingerprint density at radius 2 is 1.97 bits per heavy atom. The maximum absolute atomic E-state index is 13.7. The van der Waals surface area contributed by atoms with Gasteiger partial charge in [0.05, 0.1) is 17.3 Å². The molecule has 2 aliphatic carbocycles. The summed E-state index contributed by atoms with van der Waals surface area (Å²) in [5, 5.41) is 24.8. The standard InChI is InChI=1S/C24H25F3N6O4/c1-12-2-3-13(23(37,20(29)35)24(25,26)27)8-14(12)17-18(28)21(4-5-22(17,36)11-21)32-19(34)15-10-33-7-6-30-16(33)9-31-15/h2-3,6-10,17-18,36-37H,4-5,11,28H2,1H3,(H2,29,35)(H,32,34). The third-order valence-electron chi connectivity index (χ3n) is 7.87. The molecule has 0 radical (unpaired) electrons. The minimum atomic E-state index is -5.38. The zero-order valence-electron chi connectivity index (χ0n) is 19.7. The molecule has 5 unspecified atom stereocenters. The van der Waals surface area contributed by atoms with E-state index >= 15 is 0 Å². The Hall–Kier alpha value is -3.55. The second-order valence-corrected chi connectivity index (χ2v) is 10.0. The maximum atomic E-state index is 13.7. The first-order valence-electron chi connectivity index (χ1n) is 11.5. The summed E-state index contributed by atoms with van der Waals surface area (Å²) in [4.78, 5) is 33.1. The lowest BCUT2D eigenvalue weighted by Crippen LogP contribution is -2.59. The van der Waals surface area contributed by atoms with Crippen LogP contribution in [0.3, 0.4) is 0 Å². The number of fused-ring (bicyclic) bond motifs is 3. The molecule has 0 aliphatic heterocycles. The van der Waals surface area contributed by atoms with Crippen molar-refractivity contribution in [1.29, 1.82) is 0 Å². The summed E-state index contributed by atoms with van der Waals surface area (Å²) in [7, 11) is 0. The van der Waals surface area contributed by atoms with Crippen LogP contribution in [0.5, 0.6) is 0 Å². The third-order valence-corrected chi connectivity index (χ3v) is 7.87. The Labute approximate surface area is 208 Å². The number of benzene rings is 1. The van der Waals surface area contributed by atoms with Crippen molar-refractivity contribution in [3.63, 3.8) is 0 Å². The van der Waals surface area contributed by atoms with Crippen molar-refractivity contribution < 1.29 is 33.0 Å². The Morgan fingerprint density at radius 3 is 2.65 bits per heavy atom. The molecule has 10 nitrogen and oxygen atoms in total. The van der Waals surface area contributed by atoms with Crippen LogP contribution < -0.4 is 16.8 Å². The van der Waals surface area contributed by atoms with Gasteiger partial charge >= 0.3 is 6.18 Å². The number of imidazole rings is 1. The largest absolute Gasteiger partial charge is 0.430 e. The van der Waals surface area contributed by atoms with Crippen LogP contribution in [-0.2, 0) is 10.4 Å². The van der Waals surface area contributed by atoms with E-state index in [-0.39, 0.29) is 24.1 Å². The molecular formula is C24H25F3N6O4. The van der Waals surface area contributed by atoms with Gasteiger partial charge in [-0.2, -0.15) is 13.2 Å². The van der Waals surface area contributed by atoms with Crippen molar-refractivity contribution in [1.82, 2.24) is 19.7 Å². The molecule has 2 heterocycles. The van der Waals surface area contributed by atoms with Gasteiger partial charge in [-0.3, -0.25) is 9.59 Å². The van der Waals surface area contributed by atoms with Gasteiger partial charge in [-0.15, -0.1) is 0 Å². The lowest BCUT2D eigenvalue weighted by atomic mass is 9.73. The fourth-order valence-electron chi connectivity index (χ4n) is 5.92. The quantitative estimate of drug-likeness (QED) is 0.332. The van der Waals surface area contributed by atoms with E-state index in [1.54, 1.807) is 23.7 Å². The molecule has 5 rings (SSSR count). The molecular weight excluding hydrogens is 493 g/mol. The van der Waals surface area contributed by atoms with Gasteiger partial charge in [0.25, 0.3) is 17.4 Å². The second-order valence-electron chi connectivity index (χ2n) is 10.0. The lowest BCUT2D eigenvalue weighted by molar-refractivity contribution is -0.255. The highest BCUT2D eigenvalue weighted by atomic mass is 19.4. The van der Waals surface area contributed by atoms with Gasteiger partial charge in [0.15, 0.2) is 5.65 Å². The van der Waals surface area contributed by atoms with Crippen LogP contribution in [0, 0.1) is 6.92 Å². The number of aromatic nitrogens is 3. The fourth-order valence-corrected chi connectivity index (χ4v) is 5.92. The zero-order valence-corrected chi connectivity index (χ0v) is 19.7. The van der Waals surface area contributed by atoms with Crippen LogP contribution in [0.1, 0.15) is 52.4 Å². The van der Waals surface area contributed by atoms with Crippen LogP contribution in [0.4, 0.5) is 13.2 Å². The van der Waals surface area contributed by atoms with Gasteiger partial charge in [-0.1, -0.05) is 18.2 Å². The molecule has 0 saturated heterocycles. The Balaban J connectivity index is 1.51. The number of primary amides is 1. The number of rotatable bonds is 5. The topological polar surface area (TPSA) is 169 Å². The van der Waals surface area contributed by atoms with E-state index < -0.39 is 52.3 Å². The SMILES string of the molecule is Cc1ccc(C(O)(C(N)=O)C(F)(F)F)cc1C1C(N)C2(NC(=O)c3cn4ccnc4cn3)CCC1(O)C2. The van der Waals surface area contributed by atoms with Gasteiger partial charge in [-0.05, 0) is 30.9 Å². The van der Waals surface area contributed by atoms with Crippen molar-refractivity contribution in [3.8, 4) is 0 Å². The molecule has 2 saturated carbocycles. The Morgan fingerprint density at radius 1 is 1.24 bits per heavy atom. The van der Waals surface area contributed by atoms with E-state index in [1.165, 1.54) is 18.5 Å². The van der Waals surface area contributed by atoms with Crippen molar-refractivity contribution in [2.45, 2.75) is 61.1 Å². The van der Waals surface area contributed by atoms with Crippen LogP contribution >= 0.6 is 0 Å². The van der Waals surface area contributed by atoms with E-state index in [4.69, 9.17) is 11.5 Å². The van der Waals surface area contributed by atoms with Crippen molar-refractivity contribution in [3.05, 3.63) is 65.4 Å². The first kappa shape index (κ1) is 25.1. The minimum absolute atomic E-state index is 0.0634. The van der Waals surface area contributed by atoms with Gasteiger partial charge in [0.1, 0.15) is 5.69 Å². The number of nitrogens with zero attached hydrogens (tertiary/aromatic N) is 3. The molecule has 2 fully saturated rings. The zero-order chi connectivity index (χ0) is 27.0. The number of nitrogens with two attached hydrogens (primary N) is 2. The molecule has 2 aromatic heterocycles. The number of amides is 2. The number of nitrogens with one attached hydrogen (secondary N) is 1. The van der Waals surface area contributed by atoms with Crippen LogP contribution in [-0.4, -0.2) is 59.8 Å². The average Bonchev–Trinajstić information content (AvgIpc) is 3.48. The monoisotopic (exact) mass is 518 g/mol. The van der Waals surface area contributed by atoms with Crippen molar-refractivity contribution >= 4 is 17.5 Å². The minimum Gasteiger partial charge on any atom is -0.389 e. The van der Waals surface area contributed by atoms with Gasteiger partial charge < -0.3 is 31.4 Å². The summed E-state index contributed by atoms with van der Waals surface area (Å²) in [6.07, 6.45) is 1.40. The normalized spacial score (nSPS) is 28.8. The van der Waals surface area contributed by atoms with Crippen LogP contribution in [0.2, 0.25) is 0 Å². The summed E-state index contributed by atoms with van der Waals surface area (Å²) in [5.41, 5.74) is 5.73. The summed E-state index contributed by atoms with van der Waals surface area (Å²) >= 11 is 0. The summed E-state index contributed by atoms with van der Waals surface area (Å²) in [6.45, 7) is 1.62. The number of aryl methyl sites for hydroxylation is 1. The number of halogens is 3. The molecule has 3 aromatic rings. The number of hydrogen-bond acceptors (Lipinski definition) is 7. The molecule has 1 aromatic carbocycles. The molecule has 5 atom stereocenters. The third kappa shape index (κ3) is 3.60. The Kier molecular flexibility index (Phi) is 5.41. The number of aliphatic hydroxyl groups is 2. The van der Waals surface area contributed by atoms with E-state index in [0.29, 0.717) is 17.6 Å². The van der Waals surface area contributed by atoms with Crippen LogP contribution in [0.15, 0.2) is 43.0 Å². The summed E-state index contributed by atoms with van der Waals surface area (Å²) < 4.78 is 42.8. The van der Waals surface area contributed by atoms with E-state index in [9.17, 15) is 33.0 Å². The van der Waals surface area contributed by atoms with Gasteiger partial charge in [0, 0.05) is 42.5 Å². The molecule has 2 bridgehead atoms. The maximum Gasteiger partial charge on any atom is 0.430 e. The molecule has 196 valence electrons. The first-order valence-corrected chi connectivity index (χ1v) is 11.5. The second kappa shape index (κ2) is 7.97. The van der Waals surface area contributed by atoms with Crippen molar-refractivity contribution in [2.75, 3.05) is 0 Å². The summed E-state index contributed by atoms with van der Waals surface area (Å²) in [5.74, 6) is -3.39. The van der Waals surface area contributed by atoms with E-state index in [2.05, 4.69) is 15.3 Å². The smallest absolute Gasteiger partial charge is 0.389 e. The Bertz CT molecular complexity index is 1430. The average molecular weight is 518 g/mol. The number of hydrogen-bond donors (Lipinski definition) is 5. The highest BCUT2D eigenvalue weighted by molar-refractivity contribution is 5.93. The lowest BCUT2D eigenvalue weighted by Gasteiger charge is -2.40. The van der Waals surface area contributed by atoms with E-state index in [0.717, 1.165) is 12.1 Å². The molecule has 37 heavy (non-hydrogen) atoms. The number of carbonyl (C=O) groups is 2. The molecule has 2 aliphatic rings. The molecule has 13 heteroatoms. The number of alkyl halides is 3.